The zero-order valence-corrected chi connectivity index (χ0v) is 16.8. The van der Waals surface area contributed by atoms with Crippen LogP contribution in [0.25, 0.3) is 0 Å². The second kappa shape index (κ2) is 8.05. The Labute approximate surface area is 159 Å². The summed E-state index contributed by atoms with van der Waals surface area (Å²) >= 11 is 1.68. The summed E-state index contributed by atoms with van der Waals surface area (Å²) in [7, 11) is 2.12. The van der Waals surface area contributed by atoms with E-state index in [-0.39, 0.29) is 17.4 Å². The fraction of sp³-hybridized carbons (Fsp3) is 0.684. The van der Waals surface area contributed by atoms with Crippen LogP contribution in [0.2, 0.25) is 0 Å². The highest BCUT2D eigenvalue weighted by molar-refractivity contribution is 7.97. The van der Waals surface area contributed by atoms with Crippen LogP contribution in [-0.4, -0.2) is 78.1 Å². The molecule has 3 rings (SSSR count). The molecule has 0 saturated carbocycles. The molecule has 1 unspecified atom stereocenters. The van der Waals surface area contributed by atoms with Gasteiger partial charge in [0.15, 0.2) is 5.76 Å². The van der Waals surface area contributed by atoms with Crippen molar-refractivity contribution in [2.24, 2.45) is 0 Å². The third-order valence-electron chi connectivity index (χ3n) is 5.83. The van der Waals surface area contributed by atoms with Crippen LogP contribution in [-0.2, 0) is 10.5 Å². The molecule has 1 aromatic heterocycles. The summed E-state index contributed by atoms with van der Waals surface area (Å²) < 4.78 is 5.73. The van der Waals surface area contributed by atoms with Crippen LogP contribution in [0, 0.1) is 0 Å². The van der Waals surface area contributed by atoms with Crippen LogP contribution in [0.5, 0.6) is 0 Å². The standard InChI is InChI=1S/C19H29N3O3S/c1-4-21-10-9-19(8-7-17(21)23)14-22(12-11-20(19)2)18(24)16-6-5-15(25-16)13-26-3/h5-6H,4,7-14H2,1-3H3. The molecule has 1 atom stereocenters. The van der Waals surface area contributed by atoms with Crippen LogP contribution in [0.1, 0.15) is 42.5 Å². The molecule has 1 spiro atoms. The fourth-order valence-electron chi connectivity index (χ4n) is 4.07. The van der Waals surface area contributed by atoms with E-state index in [2.05, 4.69) is 11.9 Å². The predicted octanol–water partition coefficient (Wildman–Crippen LogP) is 2.30. The Kier molecular flexibility index (Phi) is 5.97. The van der Waals surface area contributed by atoms with Crippen molar-refractivity contribution in [2.45, 2.75) is 37.5 Å². The first-order valence-electron chi connectivity index (χ1n) is 9.35. The first kappa shape index (κ1) is 19.3. The number of piperazine rings is 1. The number of hydrogen-bond acceptors (Lipinski definition) is 5. The van der Waals surface area contributed by atoms with E-state index < -0.39 is 0 Å². The molecule has 2 fully saturated rings. The maximum atomic E-state index is 13.0. The molecule has 0 aromatic carbocycles. The predicted molar refractivity (Wildman–Crippen MR) is 103 cm³/mol. The van der Waals surface area contributed by atoms with Crippen LogP contribution >= 0.6 is 11.8 Å². The molecule has 2 aliphatic rings. The van der Waals surface area contributed by atoms with Crippen molar-refractivity contribution in [3.05, 3.63) is 23.7 Å². The summed E-state index contributed by atoms with van der Waals surface area (Å²) in [5, 5.41) is 0. The number of likely N-dealkylation sites (tertiary alicyclic amines) is 1. The number of carbonyl (C=O) groups excluding carboxylic acids is 2. The molecular weight excluding hydrogens is 350 g/mol. The van der Waals surface area contributed by atoms with Gasteiger partial charge in [0.05, 0.1) is 5.75 Å². The summed E-state index contributed by atoms with van der Waals surface area (Å²) in [4.78, 5) is 31.4. The second-order valence-corrected chi connectivity index (χ2v) is 8.16. The zero-order chi connectivity index (χ0) is 18.7. The average Bonchev–Trinajstić information content (AvgIpc) is 3.04. The lowest BCUT2D eigenvalue weighted by molar-refractivity contribution is -0.130. The Bertz CT molecular complexity index is 662. The lowest BCUT2D eigenvalue weighted by atomic mass is 9.86. The number of rotatable bonds is 4. The van der Waals surface area contributed by atoms with Crippen molar-refractivity contribution in [3.63, 3.8) is 0 Å². The Morgan fingerprint density at radius 3 is 2.81 bits per heavy atom. The Balaban J connectivity index is 1.74. The number of nitrogens with zero attached hydrogens (tertiary/aromatic N) is 3. The molecule has 0 bridgehead atoms. The van der Waals surface area contributed by atoms with Crippen molar-refractivity contribution in [3.8, 4) is 0 Å². The normalized spacial score (nSPS) is 25.0. The van der Waals surface area contributed by atoms with Gasteiger partial charge in [0, 0.05) is 44.7 Å². The van der Waals surface area contributed by atoms with E-state index in [1.165, 1.54) is 0 Å². The molecule has 2 saturated heterocycles. The van der Waals surface area contributed by atoms with Gasteiger partial charge in [-0.15, -0.1) is 0 Å². The maximum Gasteiger partial charge on any atom is 0.289 e. The van der Waals surface area contributed by atoms with E-state index in [9.17, 15) is 9.59 Å². The van der Waals surface area contributed by atoms with Gasteiger partial charge in [-0.3, -0.25) is 14.5 Å². The van der Waals surface area contributed by atoms with Gasteiger partial charge in [0.2, 0.25) is 5.91 Å². The van der Waals surface area contributed by atoms with Crippen molar-refractivity contribution in [1.82, 2.24) is 14.7 Å². The molecule has 0 N–H and O–H groups in total. The smallest absolute Gasteiger partial charge is 0.289 e. The summed E-state index contributed by atoms with van der Waals surface area (Å²) in [6, 6.07) is 3.67. The number of thioether (sulfide) groups is 1. The highest BCUT2D eigenvalue weighted by Crippen LogP contribution is 2.32. The van der Waals surface area contributed by atoms with Crippen molar-refractivity contribution in [1.29, 1.82) is 0 Å². The number of carbonyl (C=O) groups is 2. The summed E-state index contributed by atoms with van der Waals surface area (Å²) in [6.07, 6.45) is 4.28. The molecule has 0 radical (unpaired) electrons. The van der Waals surface area contributed by atoms with E-state index >= 15 is 0 Å². The Morgan fingerprint density at radius 1 is 1.27 bits per heavy atom. The molecule has 26 heavy (non-hydrogen) atoms. The van der Waals surface area contributed by atoms with Crippen molar-refractivity contribution in [2.75, 3.05) is 46.0 Å². The molecule has 6 nitrogen and oxygen atoms in total. The van der Waals surface area contributed by atoms with Crippen LogP contribution in [0.15, 0.2) is 16.5 Å². The molecule has 0 aliphatic carbocycles. The van der Waals surface area contributed by atoms with E-state index in [1.807, 2.05) is 29.0 Å². The van der Waals surface area contributed by atoms with Crippen LogP contribution in [0.3, 0.4) is 0 Å². The quantitative estimate of drug-likeness (QED) is 0.803. The molecule has 3 heterocycles. The third-order valence-corrected chi connectivity index (χ3v) is 6.41. The minimum absolute atomic E-state index is 0.0345. The van der Waals surface area contributed by atoms with E-state index in [0.717, 1.165) is 44.0 Å². The van der Waals surface area contributed by atoms with Gasteiger partial charge in [-0.25, -0.2) is 0 Å². The highest BCUT2D eigenvalue weighted by Gasteiger charge is 2.43. The van der Waals surface area contributed by atoms with Gasteiger partial charge >= 0.3 is 0 Å². The topological polar surface area (TPSA) is 57.0 Å². The maximum absolute atomic E-state index is 13.0. The minimum atomic E-state index is -0.123. The van der Waals surface area contributed by atoms with E-state index in [1.54, 1.807) is 17.8 Å². The molecule has 1 aromatic rings. The number of likely N-dealkylation sites (N-methyl/N-ethyl adjacent to an activating group) is 1. The number of furan rings is 1. The van der Waals surface area contributed by atoms with E-state index in [0.29, 0.717) is 25.3 Å². The molecular formula is C19H29N3O3S. The monoisotopic (exact) mass is 379 g/mol. The Morgan fingerprint density at radius 2 is 2.08 bits per heavy atom. The first-order chi connectivity index (χ1) is 12.5. The van der Waals surface area contributed by atoms with Gasteiger partial charge in [-0.1, -0.05) is 0 Å². The summed E-state index contributed by atoms with van der Waals surface area (Å²) in [5.41, 5.74) is -0.123. The van der Waals surface area contributed by atoms with Crippen molar-refractivity contribution < 1.29 is 14.0 Å². The second-order valence-electron chi connectivity index (χ2n) is 7.29. The lowest BCUT2D eigenvalue weighted by Crippen LogP contribution is -2.62. The average molecular weight is 380 g/mol. The zero-order valence-electron chi connectivity index (χ0n) is 16.0. The molecule has 2 amide bonds. The van der Waals surface area contributed by atoms with Gasteiger partial charge in [-0.05, 0) is 45.2 Å². The van der Waals surface area contributed by atoms with Gasteiger partial charge in [0.1, 0.15) is 5.76 Å². The summed E-state index contributed by atoms with van der Waals surface area (Å²) in [6.45, 7) is 5.73. The molecule has 2 aliphatic heterocycles. The number of amides is 2. The summed E-state index contributed by atoms with van der Waals surface area (Å²) in [5.74, 6) is 2.23. The lowest BCUT2D eigenvalue weighted by Gasteiger charge is -2.49. The first-order valence-corrected chi connectivity index (χ1v) is 10.7. The van der Waals surface area contributed by atoms with Gasteiger partial charge < -0.3 is 14.2 Å². The fourth-order valence-corrected chi connectivity index (χ4v) is 4.51. The van der Waals surface area contributed by atoms with Gasteiger partial charge in [0.25, 0.3) is 5.91 Å². The Hall–Kier alpha value is -1.47. The van der Waals surface area contributed by atoms with Crippen LogP contribution in [0.4, 0.5) is 0 Å². The van der Waals surface area contributed by atoms with Crippen molar-refractivity contribution >= 4 is 23.6 Å². The SMILES string of the molecule is CCN1CCC2(CCC1=O)CN(C(=O)c1ccc(CSC)o1)CCN2C. The van der Waals surface area contributed by atoms with Crippen LogP contribution < -0.4 is 0 Å². The van der Waals surface area contributed by atoms with Gasteiger partial charge in [-0.2, -0.15) is 11.8 Å². The highest BCUT2D eigenvalue weighted by atomic mass is 32.2. The van der Waals surface area contributed by atoms with E-state index in [4.69, 9.17) is 4.42 Å². The largest absolute Gasteiger partial charge is 0.455 e. The molecule has 144 valence electrons. The number of hydrogen-bond donors (Lipinski definition) is 0. The minimum Gasteiger partial charge on any atom is -0.455 e. The third kappa shape index (κ3) is 3.78. The molecule has 7 heteroatoms.